The van der Waals surface area contributed by atoms with Gasteiger partial charge in [-0.15, -0.1) is 0 Å². The van der Waals surface area contributed by atoms with E-state index >= 15 is 0 Å². The van der Waals surface area contributed by atoms with Gasteiger partial charge in [0.05, 0.1) is 19.4 Å². The van der Waals surface area contributed by atoms with Crippen LogP contribution in [0.2, 0.25) is 0 Å². The molecule has 172 valence electrons. The summed E-state index contributed by atoms with van der Waals surface area (Å²) in [5.74, 6) is 1.36. The molecule has 0 aliphatic heterocycles. The molecule has 0 aliphatic carbocycles. The van der Waals surface area contributed by atoms with Gasteiger partial charge in [-0.05, 0) is 79.2 Å². The molecule has 1 heterocycles. The molecule has 0 aliphatic rings. The second-order valence-electron chi connectivity index (χ2n) is 7.81. The molecule has 3 rings (SSSR count). The predicted octanol–water partition coefficient (Wildman–Crippen LogP) is 4.76. The van der Waals surface area contributed by atoms with E-state index in [1.807, 2.05) is 0 Å². The van der Waals surface area contributed by atoms with E-state index in [0.29, 0.717) is 41.6 Å². The van der Waals surface area contributed by atoms with Crippen LogP contribution in [0.25, 0.3) is 0 Å². The first-order valence-electron chi connectivity index (χ1n) is 10.7. The van der Waals surface area contributed by atoms with Gasteiger partial charge in [-0.1, -0.05) is 19.9 Å². The van der Waals surface area contributed by atoms with Gasteiger partial charge in [-0.25, -0.2) is 0 Å². The first kappa shape index (κ1) is 24.0. The van der Waals surface area contributed by atoms with Gasteiger partial charge in [-0.2, -0.15) is 0 Å². The number of ether oxygens (including phenoxy) is 1. The smallest absolute Gasteiger partial charge is 0.257 e. The van der Waals surface area contributed by atoms with Crippen molar-refractivity contribution < 1.29 is 18.7 Å². The molecule has 1 aromatic heterocycles. The van der Waals surface area contributed by atoms with Gasteiger partial charge in [0.15, 0.2) is 5.11 Å². The Morgan fingerprint density at radius 3 is 2.48 bits per heavy atom. The lowest BCUT2D eigenvalue weighted by Crippen LogP contribution is -2.34. The van der Waals surface area contributed by atoms with Crippen LogP contribution in [0.4, 0.5) is 5.69 Å². The van der Waals surface area contributed by atoms with Crippen LogP contribution in [0.3, 0.4) is 0 Å². The number of hydrogen-bond donors (Lipinski definition) is 3. The molecule has 7 nitrogen and oxygen atoms in total. The fraction of sp³-hybridized carbons (Fsp3) is 0.240. The van der Waals surface area contributed by atoms with Gasteiger partial charge in [0.2, 0.25) is 0 Å². The molecule has 0 atom stereocenters. The Hall–Kier alpha value is -3.65. The zero-order valence-corrected chi connectivity index (χ0v) is 19.4. The summed E-state index contributed by atoms with van der Waals surface area (Å²) in [5, 5.41) is 8.49. The van der Waals surface area contributed by atoms with Crippen molar-refractivity contribution in [2.45, 2.75) is 26.8 Å². The number of benzene rings is 2. The fourth-order valence-electron chi connectivity index (χ4n) is 2.87. The number of anilines is 1. The third kappa shape index (κ3) is 7.76. The average Bonchev–Trinajstić information content (AvgIpc) is 3.31. The van der Waals surface area contributed by atoms with E-state index < -0.39 is 0 Å². The second kappa shape index (κ2) is 11.8. The number of nitrogens with one attached hydrogen (secondary N) is 3. The third-order valence-electron chi connectivity index (χ3n) is 4.69. The third-order valence-corrected chi connectivity index (χ3v) is 4.90. The minimum atomic E-state index is -0.339. The molecular weight excluding hydrogens is 438 g/mol. The number of hydrogen-bond acceptors (Lipinski definition) is 5. The molecule has 0 fully saturated rings. The summed E-state index contributed by atoms with van der Waals surface area (Å²) >= 11 is 5.25. The average molecular weight is 466 g/mol. The van der Waals surface area contributed by atoms with Crippen molar-refractivity contribution in [3.63, 3.8) is 0 Å². The van der Waals surface area contributed by atoms with Crippen LogP contribution < -0.4 is 20.7 Å². The van der Waals surface area contributed by atoms with Gasteiger partial charge in [0.25, 0.3) is 11.8 Å². The zero-order chi connectivity index (χ0) is 23.6. The highest BCUT2D eigenvalue weighted by Gasteiger charge is 2.11. The van der Waals surface area contributed by atoms with Crippen molar-refractivity contribution in [1.29, 1.82) is 0 Å². The minimum absolute atomic E-state index is 0.130. The maximum Gasteiger partial charge on any atom is 0.257 e. The van der Waals surface area contributed by atoms with E-state index in [9.17, 15) is 9.59 Å². The molecule has 0 unspecified atom stereocenters. The molecule has 0 radical (unpaired) electrons. The van der Waals surface area contributed by atoms with E-state index in [2.05, 4.69) is 29.8 Å². The van der Waals surface area contributed by atoms with Crippen LogP contribution in [0, 0.1) is 5.92 Å². The summed E-state index contributed by atoms with van der Waals surface area (Å²) in [6.45, 7) is 5.21. The predicted molar refractivity (Wildman–Crippen MR) is 131 cm³/mol. The molecule has 0 spiro atoms. The number of amides is 2. The monoisotopic (exact) mass is 465 g/mol. The van der Waals surface area contributed by atoms with Crippen LogP contribution in [-0.2, 0) is 6.54 Å². The summed E-state index contributed by atoms with van der Waals surface area (Å²) in [7, 11) is 0. The Labute approximate surface area is 198 Å². The second-order valence-corrected chi connectivity index (χ2v) is 8.21. The lowest BCUT2D eigenvalue weighted by Gasteiger charge is -2.12. The maximum absolute atomic E-state index is 12.5. The van der Waals surface area contributed by atoms with E-state index in [-0.39, 0.29) is 16.9 Å². The van der Waals surface area contributed by atoms with Gasteiger partial charge in [0, 0.05) is 16.8 Å². The summed E-state index contributed by atoms with van der Waals surface area (Å²) in [5.41, 5.74) is 1.50. The number of rotatable bonds is 9. The highest BCUT2D eigenvalue weighted by atomic mass is 32.1. The number of furan rings is 1. The molecule has 2 amide bonds. The summed E-state index contributed by atoms with van der Waals surface area (Å²) in [6, 6.07) is 17.3. The lowest BCUT2D eigenvalue weighted by atomic mass is 10.1. The van der Waals surface area contributed by atoms with Gasteiger partial charge in [0.1, 0.15) is 11.5 Å². The minimum Gasteiger partial charge on any atom is -0.494 e. The molecule has 0 saturated carbocycles. The lowest BCUT2D eigenvalue weighted by molar-refractivity contribution is 0.0946. The standard InChI is InChI=1S/C25H27N3O4S/c1-17(2)12-14-32-21-10-8-18(9-11-21)24(30)28-25(33)27-20-6-3-5-19(15-20)23(29)26-16-22-7-4-13-31-22/h3-11,13,15,17H,12,14,16H2,1-2H3,(H,26,29)(H2,27,28,30,33). The van der Waals surface area contributed by atoms with Gasteiger partial charge >= 0.3 is 0 Å². The van der Waals surface area contributed by atoms with E-state index in [1.165, 1.54) is 0 Å². The van der Waals surface area contributed by atoms with Crippen molar-refractivity contribution in [3.05, 3.63) is 83.8 Å². The van der Waals surface area contributed by atoms with E-state index in [0.717, 1.165) is 12.2 Å². The summed E-state index contributed by atoms with van der Waals surface area (Å²) in [6.07, 6.45) is 2.52. The first-order valence-corrected chi connectivity index (χ1v) is 11.1. The SMILES string of the molecule is CC(C)CCOc1ccc(C(=O)NC(=S)Nc2cccc(C(=O)NCc3ccco3)c2)cc1. The van der Waals surface area contributed by atoms with E-state index in [4.69, 9.17) is 21.4 Å². The van der Waals surface area contributed by atoms with Gasteiger partial charge in [-0.3, -0.25) is 14.9 Å². The Morgan fingerprint density at radius 2 is 1.79 bits per heavy atom. The zero-order valence-electron chi connectivity index (χ0n) is 18.6. The number of thiocarbonyl (C=S) groups is 1. The van der Waals surface area contributed by atoms with Crippen LogP contribution in [0.15, 0.2) is 71.3 Å². The van der Waals surface area contributed by atoms with Crippen molar-refractivity contribution in [2.24, 2.45) is 5.92 Å². The Kier molecular flexibility index (Phi) is 8.60. The first-order chi connectivity index (χ1) is 15.9. The Bertz CT molecular complexity index is 1080. The Morgan fingerprint density at radius 1 is 1.00 bits per heavy atom. The summed E-state index contributed by atoms with van der Waals surface area (Å²) < 4.78 is 10.9. The van der Waals surface area contributed by atoms with Crippen LogP contribution in [-0.4, -0.2) is 23.5 Å². The maximum atomic E-state index is 12.5. The molecule has 3 N–H and O–H groups in total. The van der Waals surface area contributed by atoms with Crippen molar-refractivity contribution in [3.8, 4) is 5.75 Å². The van der Waals surface area contributed by atoms with E-state index in [1.54, 1.807) is 66.9 Å². The van der Waals surface area contributed by atoms with Crippen LogP contribution in [0.5, 0.6) is 5.75 Å². The number of carbonyl (C=O) groups is 2. The summed E-state index contributed by atoms with van der Waals surface area (Å²) in [4.78, 5) is 24.9. The number of carbonyl (C=O) groups excluding carboxylic acids is 2. The molecule has 0 bridgehead atoms. The van der Waals surface area contributed by atoms with Gasteiger partial charge < -0.3 is 19.8 Å². The normalized spacial score (nSPS) is 10.5. The van der Waals surface area contributed by atoms with Crippen LogP contribution >= 0.6 is 12.2 Å². The molecular formula is C25H27N3O4S. The highest BCUT2D eigenvalue weighted by molar-refractivity contribution is 7.80. The van der Waals surface area contributed by atoms with Crippen molar-refractivity contribution >= 4 is 34.8 Å². The molecule has 0 saturated heterocycles. The largest absolute Gasteiger partial charge is 0.494 e. The van der Waals surface area contributed by atoms with Crippen molar-refractivity contribution in [2.75, 3.05) is 11.9 Å². The molecule has 33 heavy (non-hydrogen) atoms. The fourth-order valence-corrected chi connectivity index (χ4v) is 3.08. The van der Waals surface area contributed by atoms with Crippen molar-refractivity contribution in [1.82, 2.24) is 10.6 Å². The quantitative estimate of drug-likeness (QED) is 0.395. The molecule has 8 heteroatoms. The Balaban J connectivity index is 1.50. The van der Waals surface area contributed by atoms with Crippen LogP contribution in [0.1, 0.15) is 46.7 Å². The molecule has 2 aromatic carbocycles. The highest BCUT2D eigenvalue weighted by Crippen LogP contribution is 2.14. The molecule has 3 aromatic rings. The topological polar surface area (TPSA) is 92.6 Å².